The van der Waals surface area contributed by atoms with Gasteiger partial charge in [0.2, 0.25) is 0 Å². The fourth-order valence-corrected chi connectivity index (χ4v) is 2.76. The Kier molecular flexibility index (Phi) is 3.70. The Morgan fingerprint density at radius 3 is 2.35 bits per heavy atom. The number of pyridine rings is 1. The van der Waals surface area contributed by atoms with E-state index in [1.165, 1.54) is 11.1 Å². The lowest BCUT2D eigenvalue weighted by molar-refractivity contribution is 0.199. The number of aliphatic hydroxyl groups excluding tert-OH is 1. The molecule has 1 aliphatic heterocycles. The molecule has 0 unspecified atom stereocenters. The summed E-state index contributed by atoms with van der Waals surface area (Å²) in [6.07, 6.45) is 3.45. The number of aliphatic hydroxyl groups is 1. The lowest BCUT2D eigenvalue weighted by atomic mass is 10.0. The molecule has 0 amide bonds. The average Bonchev–Trinajstić information content (AvgIpc) is 2.70. The third-order valence-electron chi connectivity index (χ3n) is 4.00. The molecule has 0 saturated carbocycles. The van der Waals surface area contributed by atoms with E-state index in [0.717, 1.165) is 37.3 Å². The van der Waals surface area contributed by atoms with Gasteiger partial charge in [-0.1, -0.05) is 24.3 Å². The predicted octanol–water partition coefficient (Wildman–Crippen LogP) is 2.74. The van der Waals surface area contributed by atoms with Crippen molar-refractivity contribution in [2.75, 3.05) is 18.0 Å². The van der Waals surface area contributed by atoms with Crippen LogP contribution in [-0.4, -0.2) is 23.2 Å². The molecule has 0 aliphatic carbocycles. The Balaban J connectivity index is 1.81. The van der Waals surface area contributed by atoms with E-state index in [0.29, 0.717) is 0 Å². The maximum atomic E-state index is 9.70. The van der Waals surface area contributed by atoms with Crippen LogP contribution in [0, 0.1) is 0 Å². The summed E-state index contributed by atoms with van der Waals surface area (Å²) in [6.45, 7) is 3.75. The second-order valence-electron chi connectivity index (χ2n) is 5.38. The highest BCUT2D eigenvalue weighted by Gasteiger charge is 2.15. The van der Waals surface area contributed by atoms with E-state index in [1.54, 1.807) is 13.1 Å². The van der Waals surface area contributed by atoms with Crippen molar-refractivity contribution in [1.29, 1.82) is 0 Å². The number of anilines is 1. The molecule has 1 aromatic carbocycles. The number of hydrogen-bond acceptors (Lipinski definition) is 3. The minimum atomic E-state index is -0.444. The summed E-state index contributed by atoms with van der Waals surface area (Å²) in [5, 5.41) is 9.70. The first-order chi connectivity index (χ1) is 9.74. The molecule has 2 aromatic rings. The molecule has 1 atom stereocenters. The van der Waals surface area contributed by atoms with Crippen LogP contribution in [0.15, 0.2) is 42.6 Å². The standard InChI is InChI=1S/C17H20N2O/c1-13(20)16-6-9-18-17(12-16)19-10-7-14-4-2-3-5-15(14)8-11-19/h2-6,9,12-13,20H,7-8,10-11H2,1H3/t13-/m0/s1. The van der Waals surface area contributed by atoms with Crippen molar-refractivity contribution in [3.8, 4) is 0 Å². The van der Waals surface area contributed by atoms with E-state index in [9.17, 15) is 5.11 Å². The molecule has 3 rings (SSSR count). The Hall–Kier alpha value is -1.87. The Morgan fingerprint density at radius 1 is 1.10 bits per heavy atom. The van der Waals surface area contributed by atoms with Crippen LogP contribution in [0.1, 0.15) is 29.7 Å². The number of hydrogen-bond donors (Lipinski definition) is 1. The lowest BCUT2D eigenvalue weighted by Gasteiger charge is -2.22. The van der Waals surface area contributed by atoms with Crippen LogP contribution >= 0.6 is 0 Å². The highest BCUT2D eigenvalue weighted by Crippen LogP contribution is 2.22. The zero-order valence-electron chi connectivity index (χ0n) is 11.8. The summed E-state index contributed by atoms with van der Waals surface area (Å²) in [7, 11) is 0. The van der Waals surface area contributed by atoms with Gasteiger partial charge in [-0.3, -0.25) is 0 Å². The summed E-state index contributed by atoms with van der Waals surface area (Å²) < 4.78 is 0. The van der Waals surface area contributed by atoms with Gasteiger partial charge < -0.3 is 10.0 Å². The molecule has 1 aliphatic rings. The molecule has 0 bridgehead atoms. The summed E-state index contributed by atoms with van der Waals surface area (Å²) in [5.41, 5.74) is 3.82. The van der Waals surface area contributed by atoms with E-state index in [2.05, 4.69) is 34.1 Å². The first kappa shape index (κ1) is 13.1. The fourth-order valence-electron chi connectivity index (χ4n) is 2.76. The van der Waals surface area contributed by atoms with E-state index in [1.807, 2.05) is 12.1 Å². The Morgan fingerprint density at radius 2 is 1.75 bits per heavy atom. The zero-order valence-corrected chi connectivity index (χ0v) is 11.8. The third kappa shape index (κ3) is 2.68. The topological polar surface area (TPSA) is 36.4 Å². The fraction of sp³-hybridized carbons (Fsp3) is 0.353. The zero-order chi connectivity index (χ0) is 13.9. The van der Waals surface area contributed by atoms with Gasteiger partial charge in [-0.2, -0.15) is 0 Å². The molecular weight excluding hydrogens is 248 g/mol. The molecule has 104 valence electrons. The average molecular weight is 268 g/mol. The van der Waals surface area contributed by atoms with Crippen LogP contribution in [0.2, 0.25) is 0 Å². The van der Waals surface area contributed by atoms with E-state index in [4.69, 9.17) is 0 Å². The van der Waals surface area contributed by atoms with Crippen molar-refractivity contribution >= 4 is 5.82 Å². The third-order valence-corrected chi connectivity index (χ3v) is 4.00. The van der Waals surface area contributed by atoms with Crippen molar-refractivity contribution in [3.05, 3.63) is 59.3 Å². The van der Waals surface area contributed by atoms with Crippen molar-refractivity contribution in [2.24, 2.45) is 0 Å². The minimum Gasteiger partial charge on any atom is -0.389 e. The first-order valence-electron chi connectivity index (χ1n) is 7.20. The van der Waals surface area contributed by atoms with Gasteiger partial charge in [-0.15, -0.1) is 0 Å². The molecule has 2 heterocycles. The highest BCUT2D eigenvalue weighted by molar-refractivity contribution is 5.43. The van der Waals surface area contributed by atoms with Crippen LogP contribution in [0.25, 0.3) is 0 Å². The molecule has 20 heavy (non-hydrogen) atoms. The molecule has 0 saturated heterocycles. The molecule has 0 radical (unpaired) electrons. The number of aromatic nitrogens is 1. The van der Waals surface area contributed by atoms with Crippen molar-refractivity contribution in [1.82, 2.24) is 4.98 Å². The molecule has 3 heteroatoms. The summed E-state index contributed by atoms with van der Waals surface area (Å²) in [6, 6.07) is 12.5. The normalized spacial score (nSPS) is 16.4. The second kappa shape index (κ2) is 5.63. The molecule has 0 spiro atoms. The maximum Gasteiger partial charge on any atom is 0.128 e. The molecule has 0 fully saturated rings. The van der Waals surface area contributed by atoms with Gasteiger partial charge in [0.05, 0.1) is 6.10 Å². The van der Waals surface area contributed by atoms with Crippen LogP contribution in [-0.2, 0) is 12.8 Å². The van der Waals surface area contributed by atoms with Gasteiger partial charge in [0.15, 0.2) is 0 Å². The van der Waals surface area contributed by atoms with E-state index < -0.39 is 6.10 Å². The van der Waals surface area contributed by atoms with Crippen molar-refractivity contribution < 1.29 is 5.11 Å². The van der Waals surface area contributed by atoms with Gasteiger partial charge >= 0.3 is 0 Å². The largest absolute Gasteiger partial charge is 0.389 e. The quantitative estimate of drug-likeness (QED) is 0.910. The van der Waals surface area contributed by atoms with Crippen LogP contribution in [0.3, 0.4) is 0 Å². The highest BCUT2D eigenvalue weighted by atomic mass is 16.3. The number of rotatable bonds is 2. The molecule has 1 aromatic heterocycles. The van der Waals surface area contributed by atoms with Gasteiger partial charge in [-0.25, -0.2) is 4.98 Å². The predicted molar refractivity (Wildman–Crippen MR) is 80.9 cm³/mol. The van der Waals surface area contributed by atoms with Crippen LogP contribution in [0.5, 0.6) is 0 Å². The van der Waals surface area contributed by atoms with Gasteiger partial charge in [0.1, 0.15) is 5.82 Å². The van der Waals surface area contributed by atoms with Crippen LogP contribution < -0.4 is 4.90 Å². The second-order valence-corrected chi connectivity index (χ2v) is 5.38. The van der Waals surface area contributed by atoms with Gasteiger partial charge in [0, 0.05) is 19.3 Å². The Labute approximate surface area is 119 Å². The van der Waals surface area contributed by atoms with Crippen LogP contribution in [0.4, 0.5) is 5.82 Å². The van der Waals surface area contributed by atoms with Crippen molar-refractivity contribution in [2.45, 2.75) is 25.9 Å². The Bertz CT molecular complexity index is 568. The SMILES string of the molecule is C[C@H](O)c1ccnc(N2CCc3ccccc3CC2)c1. The molecule has 3 nitrogen and oxygen atoms in total. The molecule has 1 N–H and O–H groups in total. The van der Waals surface area contributed by atoms with E-state index >= 15 is 0 Å². The number of benzene rings is 1. The number of fused-ring (bicyclic) bond motifs is 1. The first-order valence-corrected chi connectivity index (χ1v) is 7.20. The summed E-state index contributed by atoms with van der Waals surface area (Å²) >= 11 is 0. The number of nitrogens with zero attached hydrogens (tertiary/aromatic N) is 2. The smallest absolute Gasteiger partial charge is 0.128 e. The summed E-state index contributed by atoms with van der Waals surface area (Å²) in [5.74, 6) is 0.969. The molecular formula is C17H20N2O. The lowest BCUT2D eigenvalue weighted by Crippen LogP contribution is -2.27. The summed E-state index contributed by atoms with van der Waals surface area (Å²) in [4.78, 5) is 6.78. The van der Waals surface area contributed by atoms with Gasteiger partial charge in [0.25, 0.3) is 0 Å². The van der Waals surface area contributed by atoms with E-state index in [-0.39, 0.29) is 0 Å². The van der Waals surface area contributed by atoms with Gasteiger partial charge in [-0.05, 0) is 48.6 Å². The van der Waals surface area contributed by atoms with Crippen molar-refractivity contribution in [3.63, 3.8) is 0 Å². The minimum absolute atomic E-state index is 0.444. The maximum absolute atomic E-state index is 9.70. The monoisotopic (exact) mass is 268 g/mol.